The summed E-state index contributed by atoms with van der Waals surface area (Å²) in [6.45, 7) is 16.2. The summed E-state index contributed by atoms with van der Waals surface area (Å²) in [5.74, 6) is 0. The molecular weight excluding hydrogens is 308 g/mol. The van der Waals surface area contributed by atoms with Crippen LogP contribution in [0.4, 0.5) is 0 Å². The number of thiocarbonyl (C=S) groups is 1. The van der Waals surface area contributed by atoms with Crippen molar-refractivity contribution in [1.29, 1.82) is 0 Å². The third-order valence-corrected chi connectivity index (χ3v) is 4.41. The van der Waals surface area contributed by atoms with Gasteiger partial charge in [0.2, 0.25) is 0 Å². The molecule has 0 saturated heterocycles. The number of aliphatic hydroxyl groups excluding tert-OH is 1. The van der Waals surface area contributed by atoms with Crippen LogP contribution in [0.1, 0.15) is 47.5 Å². The molecule has 0 fully saturated rings. The monoisotopic (exact) mass is 342 g/mol. The van der Waals surface area contributed by atoms with Crippen LogP contribution in [0.2, 0.25) is 0 Å². The number of aliphatic hydroxyl groups is 1. The molecule has 1 rings (SSSR count). The highest BCUT2D eigenvalue weighted by Crippen LogP contribution is 2.38. The van der Waals surface area contributed by atoms with Crippen molar-refractivity contribution in [3.8, 4) is 0 Å². The van der Waals surface area contributed by atoms with E-state index in [1.807, 2.05) is 0 Å². The van der Waals surface area contributed by atoms with Gasteiger partial charge in [0, 0.05) is 13.1 Å². The predicted molar refractivity (Wildman–Crippen MR) is 101 cm³/mol. The lowest BCUT2D eigenvalue weighted by atomic mass is 9.74. The second kappa shape index (κ2) is 9.72. The molecule has 5 heteroatoms. The van der Waals surface area contributed by atoms with E-state index >= 15 is 0 Å². The van der Waals surface area contributed by atoms with Crippen molar-refractivity contribution in [2.24, 2.45) is 5.41 Å². The van der Waals surface area contributed by atoms with Crippen LogP contribution in [0.25, 0.3) is 0 Å². The zero-order chi connectivity index (χ0) is 17.5. The number of rotatable bonds is 11. The molecule has 1 aliphatic carbocycles. The Morgan fingerprint density at radius 3 is 2.26 bits per heavy atom. The molecule has 1 unspecified atom stereocenters. The molecule has 0 amide bonds. The van der Waals surface area contributed by atoms with E-state index in [-0.39, 0.29) is 5.41 Å². The van der Waals surface area contributed by atoms with Gasteiger partial charge in [0.15, 0.2) is 0 Å². The predicted octanol–water partition coefficient (Wildman–Crippen LogP) is 2.76. The fourth-order valence-electron chi connectivity index (χ4n) is 2.94. The SMILES string of the molecule is CCCN(CCC)CCOCCNC1=C(C(C)(C)C)C(=S)C1O. The molecule has 2 N–H and O–H groups in total. The Balaban J connectivity index is 2.27. The zero-order valence-corrected chi connectivity index (χ0v) is 16.3. The molecule has 0 radical (unpaired) electrons. The molecule has 0 bridgehead atoms. The second-order valence-corrected chi connectivity index (χ2v) is 7.63. The Hall–Kier alpha value is -0.490. The lowest BCUT2D eigenvalue weighted by Gasteiger charge is -2.38. The van der Waals surface area contributed by atoms with Crippen molar-refractivity contribution in [2.45, 2.75) is 53.6 Å². The molecule has 0 spiro atoms. The fourth-order valence-corrected chi connectivity index (χ4v) is 3.47. The van der Waals surface area contributed by atoms with Gasteiger partial charge in [-0.15, -0.1) is 0 Å². The lowest BCUT2D eigenvalue weighted by molar-refractivity contribution is 0.105. The van der Waals surface area contributed by atoms with Gasteiger partial charge in [-0.25, -0.2) is 0 Å². The van der Waals surface area contributed by atoms with Crippen molar-refractivity contribution in [2.75, 3.05) is 39.4 Å². The van der Waals surface area contributed by atoms with Gasteiger partial charge in [0.25, 0.3) is 0 Å². The minimum Gasteiger partial charge on any atom is -0.383 e. The Bertz CT molecular complexity index is 410. The zero-order valence-electron chi connectivity index (χ0n) is 15.4. The summed E-state index contributed by atoms with van der Waals surface area (Å²) >= 11 is 5.27. The van der Waals surface area contributed by atoms with Gasteiger partial charge in [0.05, 0.1) is 23.8 Å². The Morgan fingerprint density at radius 2 is 1.74 bits per heavy atom. The molecule has 0 aromatic carbocycles. The first-order chi connectivity index (χ1) is 10.8. The fraction of sp³-hybridized carbons (Fsp3) is 0.833. The van der Waals surface area contributed by atoms with E-state index < -0.39 is 6.10 Å². The molecule has 1 aliphatic rings. The van der Waals surface area contributed by atoms with Crippen LogP contribution in [0.5, 0.6) is 0 Å². The van der Waals surface area contributed by atoms with Crippen molar-refractivity contribution in [3.05, 3.63) is 11.3 Å². The van der Waals surface area contributed by atoms with Crippen LogP contribution in [-0.4, -0.2) is 60.4 Å². The van der Waals surface area contributed by atoms with Gasteiger partial charge in [0.1, 0.15) is 6.10 Å². The number of nitrogens with zero attached hydrogens (tertiary/aromatic N) is 1. The van der Waals surface area contributed by atoms with E-state index in [2.05, 4.69) is 44.8 Å². The molecule has 0 aromatic rings. The van der Waals surface area contributed by atoms with E-state index in [1.54, 1.807) is 0 Å². The highest BCUT2D eigenvalue weighted by molar-refractivity contribution is 7.81. The molecule has 0 aromatic heterocycles. The van der Waals surface area contributed by atoms with Gasteiger partial charge in [-0.1, -0.05) is 46.8 Å². The average molecular weight is 343 g/mol. The van der Waals surface area contributed by atoms with Crippen LogP contribution in [0.3, 0.4) is 0 Å². The summed E-state index contributed by atoms with van der Waals surface area (Å²) in [7, 11) is 0. The van der Waals surface area contributed by atoms with Gasteiger partial charge in [-0.3, -0.25) is 0 Å². The highest BCUT2D eigenvalue weighted by atomic mass is 32.1. The standard InChI is InChI=1S/C18H34N2O2S/c1-6-9-20(10-7-2)11-13-22-12-8-19-15-14(18(3,4)5)17(23)16(15)21/h16,19,21H,6-13H2,1-5H3. The molecular formula is C18H34N2O2S. The maximum atomic E-state index is 9.99. The quantitative estimate of drug-likeness (QED) is 0.446. The summed E-state index contributed by atoms with van der Waals surface area (Å²) < 4.78 is 5.72. The van der Waals surface area contributed by atoms with Crippen molar-refractivity contribution < 1.29 is 9.84 Å². The van der Waals surface area contributed by atoms with Crippen LogP contribution in [0.15, 0.2) is 11.3 Å². The van der Waals surface area contributed by atoms with Gasteiger partial charge >= 0.3 is 0 Å². The maximum Gasteiger partial charge on any atom is 0.129 e. The lowest BCUT2D eigenvalue weighted by Crippen LogP contribution is -2.46. The van der Waals surface area contributed by atoms with E-state index in [4.69, 9.17) is 17.0 Å². The minimum atomic E-state index is -0.608. The molecule has 134 valence electrons. The van der Waals surface area contributed by atoms with Crippen molar-refractivity contribution >= 4 is 17.1 Å². The summed E-state index contributed by atoms with van der Waals surface area (Å²) in [6, 6.07) is 0. The normalized spacial score (nSPS) is 18.6. The van der Waals surface area contributed by atoms with E-state index in [1.165, 1.54) is 12.8 Å². The number of ether oxygens (including phenoxy) is 1. The molecule has 0 heterocycles. The summed E-state index contributed by atoms with van der Waals surface area (Å²) in [5, 5.41) is 13.3. The summed E-state index contributed by atoms with van der Waals surface area (Å²) in [4.78, 5) is 3.12. The van der Waals surface area contributed by atoms with Gasteiger partial charge < -0.3 is 20.1 Å². The van der Waals surface area contributed by atoms with E-state index in [9.17, 15) is 5.11 Å². The summed E-state index contributed by atoms with van der Waals surface area (Å²) in [6.07, 6.45) is 1.76. The van der Waals surface area contributed by atoms with Crippen LogP contribution in [-0.2, 0) is 4.74 Å². The van der Waals surface area contributed by atoms with Gasteiger partial charge in [-0.05, 0) is 36.9 Å². The molecule has 1 atom stereocenters. The van der Waals surface area contributed by atoms with Crippen LogP contribution < -0.4 is 5.32 Å². The largest absolute Gasteiger partial charge is 0.383 e. The van der Waals surface area contributed by atoms with E-state index in [0.29, 0.717) is 18.0 Å². The third-order valence-electron chi connectivity index (χ3n) is 3.98. The Labute approximate surface area is 147 Å². The Kier molecular flexibility index (Phi) is 8.69. The molecule has 0 aliphatic heterocycles. The van der Waals surface area contributed by atoms with Gasteiger partial charge in [-0.2, -0.15) is 0 Å². The Morgan fingerprint density at radius 1 is 1.13 bits per heavy atom. The second-order valence-electron chi connectivity index (χ2n) is 7.19. The maximum absolute atomic E-state index is 9.99. The number of nitrogens with one attached hydrogen (secondary N) is 1. The number of hydrogen-bond acceptors (Lipinski definition) is 5. The van der Waals surface area contributed by atoms with Crippen molar-refractivity contribution in [1.82, 2.24) is 10.2 Å². The first kappa shape index (κ1) is 20.6. The molecule has 0 saturated carbocycles. The molecule has 4 nitrogen and oxygen atoms in total. The van der Waals surface area contributed by atoms with E-state index in [0.717, 1.165) is 37.5 Å². The average Bonchev–Trinajstić information content (AvgIpc) is 2.47. The highest BCUT2D eigenvalue weighted by Gasteiger charge is 2.39. The first-order valence-corrected chi connectivity index (χ1v) is 9.24. The van der Waals surface area contributed by atoms with Crippen molar-refractivity contribution in [3.63, 3.8) is 0 Å². The third kappa shape index (κ3) is 6.14. The summed E-state index contributed by atoms with van der Waals surface area (Å²) in [5.41, 5.74) is 1.93. The molecule has 23 heavy (non-hydrogen) atoms. The smallest absolute Gasteiger partial charge is 0.129 e. The topological polar surface area (TPSA) is 44.7 Å². The number of hydrogen-bond donors (Lipinski definition) is 2. The van der Waals surface area contributed by atoms with Crippen LogP contribution >= 0.6 is 12.2 Å². The van der Waals surface area contributed by atoms with Crippen LogP contribution in [0, 0.1) is 5.41 Å². The first-order valence-electron chi connectivity index (χ1n) is 8.83. The minimum absolute atomic E-state index is 0.0275.